The van der Waals surface area contributed by atoms with E-state index in [4.69, 9.17) is 5.21 Å². The third kappa shape index (κ3) is 7.05. The van der Waals surface area contributed by atoms with Crippen molar-refractivity contribution >= 4 is 11.8 Å². The number of nitrogens with one attached hydrogen (secondary N) is 3. The number of aliphatic hydroxyl groups excluding tert-OH is 1. The maximum absolute atomic E-state index is 12.2. The Morgan fingerprint density at radius 1 is 1.00 bits per heavy atom. The van der Waals surface area contributed by atoms with Crippen LogP contribution < -0.4 is 16.1 Å². The van der Waals surface area contributed by atoms with Crippen LogP contribution in [0.15, 0.2) is 48.5 Å². The Hall–Kier alpha value is -3.18. The van der Waals surface area contributed by atoms with Gasteiger partial charge in [0.2, 0.25) is 0 Å². The first-order chi connectivity index (χ1) is 13.4. The highest BCUT2D eigenvalue weighted by Gasteiger charge is 2.25. The van der Waals surface area contributed by atoms with Gasteiger partial charge in [-0.25, -0.2) is 5.48 Å². The number of carbonyl (C=O) groups excluding carboxylic acids is 2. The summed E-state index contributed by atoms with van der Waals surface area (Å²) < 4.78 is 0. The summed E-state index contributed by atoms with van der Waals surface area (Å²) in [6.45, 7) is 2.14. The van der Waals surface area contributed by atoms with Gasteiger partial charge in [-0.3, -0.25) is 14.8 Å². The number of hydrogen-bond donors (Lipinski definition) is 5. The molecule has 2 amide bonds. The van der Waals surface area contributed by atoms with Crippen LogP contribution in [0, 0.1) is 11.8 Å². The third-order valence-corrected chi connectivity index (χ3v) is 3.99. The Bertz CT molecular complexity index is 866. The van der Waals surface area contributed by atoms with E-state index in [2.05, 4.69) is 22.5 Å². The van der Waals surface area contributed by atoms with Gasteiger partial charge in [-0.05, 0) is 55.9 Å². The second-order valence-electron chi connectivity index (χ2n) is 6.22. The van der Waals surface area contributed by atoms with Crippen molar-refractivity contribution in [3.05, 3.63) is 70.8 Å². The molecule has 0 saturated heterocycles. The molecule has 0 spiro atoms. The van der Waals surface area contributed by atoms with Crippen LogP contribution in [-0.4, -0.2) is 41.3 Å². The number of carbonyl (C=O) groups is 2. The molecule has 2 aromatic carbocycles. The van der Waals surface area contributed by atoms with Crippen molar-refractivity contribution in [3.63, 3.8) is 0 Å². The molecule has 0 aromatic heterocycles. The van der Waals surface area contributed by atoms with E-state index in [0.29, 0.717) is 5.56 Å². The molecular formula is C22H27N3O4. The summed E-state index contributed by atoms with van der Waals surface area (Å²) in [6.07, 6.45) is -1.17. The molecule has 29 heavy (non-hydrogen) atoms. The number of aliphatic hydroxyl groups is 1. The average Bonchev–Trinajstić information content (AvgIpc) is 2.71. The normalized spacial score (nSPS) is 11.9. The fourth-order valence-corrected chi connectivity index (χ4v) is 2.46. The van der Waals surface area contributed by atoms with Crippen molar-refractivity contribution in [1.82, 2.24) is 16.1 Å². The third-order valence-electron chi connectivity index (χ3n) is 3.99. The van der Waals surface area contributed by atoms with Crippen molar-refractivity contribution in [2.75, 3.05) is 7.05 Å². The van der Waals surface area contributed by atoms with E-state index in [1.165, 1.54) is 18.0 Å². The maximum atomic E-state index is 12.2. The van der Waals surface area contributed by atoms with E-state index >= 15 is 0 Å². The molecule has 0 radical (unpaired) electrons. The lowest BCUT2D eigenvalue weighted by molar-refractivity contribution is -0.133. The molecule has 7 heteroatoms. The van der Waals surface area contributed by atoms with Crippen molar-refractivity contribution in [1.29, 1.82) is 0 Å². The zero-order valence-corrected chi connectivity index (χ0v) is 15.7. The van der Waals surface area contributed by atoms with Crippen LogP contribution >= 0.6 is 0 Å². The van der Waals surface area contributed by atoms with Crippen molar-refractivity contribution < 1.29 is 19.9 Å². The lowest BCUT2D eigenvalue weighted by Crippen LogP contribution is -2.51. The van der Waals surface area contributed by atoms with E-state index in [0.717, 1.165) is 17.7 Å². The Labute approximate surface area is 171 Å². The van der Waals surface area contributed by atoms with Gasteiger partial charge in [0.05, 0.1) is 6.10 Å². The van der Waals surface area contributed by atoms with Crippen LogP contribution in [0.5, 0.6) is 0 Å². The number of hydroxylamine groups is 1. The number of amides is 2. The molecule has 0 aliphatic heterocycles. The summed E-state index contributed by atoms with van der Waals surface area (Å²) in [4.78, 5) is 23.7. The predicted octanol–water partition coefficient (Wildman–Crippen LogP) is 1.43. The van der Waals surface area contributed by atoms with E-state index in [1.807, 2.05) is 31.3 Å². The molecule has 2 atom stereocenters. The van der Waals surface area contributed by atoms with Gasteiger partial charge in [0.15, 0.2) is 0 Å². The molecule has 7 nitrogen and oxygen atoms in total. The monoisotopic (exact) mass is 397 g/mol. The highest BCUT2D eigenvalue weighted by Crippen LogP contribution is 2.07. The Morgan fingerprint density at radius 2 is 1.52 bits per heavy atom. The van der Waals surface area contributed by atoms with Gasteiger partial charge >= 0.3 is 0 Å². The number of benzene rings is 2. The van der Waals surface area contributed by atoms with Gasteiger partial charge in [0.25, 0.3) is 11.8 Å². The molecular weight excluding hydrogens is 370 g/mol. The van der Waals surface area contributed by atoms with Gasteiger partial charge in [0.1, 0.15) is 6.04 Å². The summed E-state index contributed by atoms with van der Waals surface area (Å²) in [6, 6.07) is 13.2. The molecule has 5 N–H and O–H groups in total. The lowest BCUT2D eigenvalue weighted by Gasteiger charge is -2.19. The largest absolute Gasteiger partial charge is 0.391 e. The van der Waals surface area contributed by atoms with Crippen LogP contribution in [0.1, 0.15) is 41.4 Å². The molecule has 0 bridgehead atoms. The quantitative estimate of drug-likeness (QED) is 0.288. The Kier molecular flexibility index (Phi) is 9.56. The highest BCUT2D eigenvalue weighted by molar-refractivity contribution is 5.97. The van der Waals surface area contributed by atoms with Crippen molar-refractivity contribution in [2.24, 2.45) is 0 Å². The molecule has 2 aromatic rings. The summed E-state index contributed by atoms with van der Waals surface area (Å²) >= 11 is 0. The lowest BCUT2D eigenvalue weighted by atomic mass is 10.1. The Morgan fingerprint density at radius 3 is 1.97 bits per heavy atom. The maximum Gasteiger partial charge on any atom is 0.268 e. The molecule has 0 heterocycles. The smallest absolute Gasteiger partial charge is 0.268 e. The summed E-state index contributed by atoms with van der Waals surface area (Å²) in [7, 11) is 1.89. The minimum Gasteiger partial charge on any atom is -0.391 e. The summed E-state index contributed by atoms with van der Waals surface area (Å²) in [5, 5.41) is 23.7. The van der Waals surface area contributed by atoms with Crippen LogP contribution in [0.2, 0.25) is 0 Å². The van der Waals surface area contributed by atoms with E-state index < -0.39 is 24.0 Å². The molecule has 2 rings (SSSR count). The van der Waals surface area contributed by atoms with Gasteiger partial charge in [0, 0.05) is 23.2 Å². The van der Waals surface area contributed by atoms with Crippen LogP contribution in [0.4, 0.5) is 0 Å². The Balaban J connectivity index is 0.00000420. The zero-order chi connectivity index (χ0) is 20.5. The SMILES string of the molecule is C.CNCc1ccc(C#Cc2ccc(C(=O)N[C@H](C(=O)NO)[C@@H](C)O)cc2)cc1. The van der Waals surface area contributed by atoms with Crippen molar-refractivity contribution in [3.8, 4) is 11.8 Å². The van der Waals surface area contributed by atoms with Crippen LogP contribution in [0.3, 0.4) is 0 Å². The standard InChI is InChI=1S/C21H23N3O4.CH4/c1-14(25)19(21(27)24-28)23-20(26)18-11-9-16(10-12-18)4-3-15-5-7-17(8-6-15)13-22-2;/h5-12,14,19,22,25,28H,13H2,1-2H3,(H,23,26)(H,24,27);1H4/t14-,19+;/m1./s1. The second kappa shape index (κ2) is 11.6. The van der Waals surface area contributed by atoms with E-state index in [1.54, 1.807) is 24.3 Å². The fourth-order valence-electron chi connectivity index (χ4n) is 2.46. The fraction of sp³-hybridized carbons (Fsp3) is 0.273. The van der Waals surface area contributed by atoms with Crippen molar-refractivity contribution in [2.45, 2.75) is 33.0 Å². The highest BCUT2D eigenvalue weighted by atomic mass is 16.5. The first-order valence-corrected chi connectivity index (χ1v) is 8.73. The molecule has 0 saturated carbocycles. The van der Waals surface area contributed by atoms with Gasteiger partial charge in [-0.15, -0.1) is 0 Å². The average molecular weight is 397 g/mol. The second-order valence-corrected chi connectivity index (χ2v) is 6.22. The minimum atomic E-state index is -1.26. The number of rotatable bonds is 6. The number of hydrogen-bond acceptors (Lipinski definition) is 5. The summed E-state index contributed by atoms with van der Waals surface area (Å²) in [5.74, 6) is 4.65. The molecule has 154 valence electrons. The van der Waals surface area contributed by atoms with Gasteiger partial charge in [-0.1, -0.05) is 31.4 Å². The first kappa shape index (κ1) is 23.9. The van der Waals surface area contributed by atoms with E-state index in [9.17, 15) is 14.7 Å². The molecule has 0 aliphatic rings. The molecule has 0 fully saturated rings. The first-order valence-electron chi connectivity index (χ1n) is 8.73. The van der Waals surface area contributed by atoms with Crippen LogP contribution in [-0.2, 0) is 11.3 Å². The molecule has 0 aliphatic carbocycles. The van der Waals surface area contributed by atoms with Gasteiger partial charge < -0.3 is 15.7 Å². The van der Waals surface area contributed by atoms with Gasteiger partial charge in [-0.2, -0.15) is 0 Å². The summed E-state index contributed by atoms with van der Waals surface area (Å²) in [5.41, 5.74) is 4.52. The topological polar surface area (TPSA) is 111 Å². The predicted molar refractivity (Wildman–Crippen MR) is 111 cm³/mol. The van der Waals surface area contributed by atoms with Crippen LogP contribution in [0.25, 0.3) is 0 Å². The minimum absolute atomic E-state index is 0. The van der Waals surface area contributed by atoms with E-state index in [-0.39, 0.29) is 7.43 Å². The molecule has 0 unspecified atom stereocenters. The zero-order valence-electron chi connectivity index (χ0n) is 15.7.